The number of ether oxygens (including phenoxy) is 1. The average molecular weight is 280 g/mol. The van der Waals surface area contributed by atoms with Crippen molar-refractivity contribution in [2.24, 2.45) is 5.73 Å². The maximum absolute atomic E-state index is 13.8. The van der Waals surface area contributed by atoms with Crippen molar-refractivity contribution >= 4 is 6.09 Å². The number of hydrogen-bond acceptors (Lipinski definition) is 3. The summed E-state index contributed by atoms with van der Waals surface area (Å²) in [5, 5.41) is 0. The number of nitrogens with zero attached hydrogens (tertiary/aromatic N) is 1. The standard InChI is InChI=1S/C15H21FN2O2/c1-15(17)8-10-18(9-7-13(15)16)14(19)20-11-12-5-3-2-4-6-12/h2-6,13H,7-11,17H2,1H3. The Kier molecular flexibility index (Phi) is 4.60. The fraction of sp³-hybridized carbons (Fsp3) is 0.533. The van der Waals surface area contributed by atoms with E-state index in [1.807, 2.05) is 30.3 Å². The van der Waals surface area contributed by atoms with E-state index >= 15 is 0 Å². The Morgan fingerprint density at radius 2 is 2.15 bits per heavy atom. The van der Waals surface area contributed by atoms with Crippen molar-refractivity contribution in [3.63, 3.8) is 0 Å². The van der Waals surface area contributed by atoms with E-state index < -0.39 is 17.8 Å². The lowest BCUT2D eigenvalue weighted by Gasteiger charge is -2.25. The molecule has 2 N–H and O–H groups in total. The largest absolute Gasteiger partial charge is 0.445 e. The van der Waals surface area contributed by atoms with Crippen LogP contribution in [0.3, 0.4) is 0 Å². The van der Waals surface area contributed by atoms with Crippen molar-refractivity contribution in [3.8, 4) is 0 Å². The first-order valence-electron chi connectivity index (χ1n) is 6.87. The molecule has 1 heterocycles. The van der Waals surface area contributed by atoms with Crippen LogP contribution in [0, 0.1) is 0 Å². The van der Waals surface area contributed by atoms with Crippen LogP contribution in [0.5, 0.6) is 0 Å². The number of carbonyl (C=O) groups is 1. The van der Waals surface area contributed by atoms with E-state index in [9.17, 15) is 9.18 Å². The number of amides is 1. The van der Waals surface area contributed by atoms with Gasteiger partial charge < -0.3 is 15.4 Å². The number of alkyl halides is 1. The van der Waals surface area contributed by atoms with E-state index in [1.54, 1.807) is 6.92 Å². The molecule has 4 nitrogen and oxygen atoms in total. The summed E-state index contributed by atoms with van der Waals surface area (Å²) >= 11 is 0. The van der Waals surface area contributed by atoms with E-state index in [0.717, 1.165) is 5.56 Å². The van der Waals surface area contributed by atoms with Gasteiger partial charge in [-0.3, -0.25) is 0 Å². The molecule has 1 aromatic rings. The van der Waals surface area contributed by atoms with Gasteiger partial charge in [-0.2, -0.15) is 0 Å². The highest BCUT2D eigenvalue weighted by atomic mass is 19.1. The van der Waals surface area contributed by atoms with Crippen LogP contribution in [-0.2, 0) is 11.3 Å². The van der Waals surface area contributed by atoms with Gasteiger partial charge in [-0.05, 0) is 25.3 Å². The fourth-order valence-electron chi connectivity index (χ4n) is 2.24. The molecule has 1 fully saturated rings. The molecule has 1 saturated heterocycles. The number of hydrogen-bond donors (Lipinski definition) is 1. The predicted molar refractivity (Wildman–Crippen MR) is 74.9 cm³/mol. The van der Waals surface area contributed by atoms with Crippen molar-refractivity contribution in [3.05, 3.63) is 35.9 Å². The highest BCUT2D eigenvalue weighted by molar-refractivity contribution is 5.67. The maximum Gasteiger partial charge on any atom is 0.410 e. The Morgan fingerprint density at radius 1 is 1.45 bits per heavy atom. The second kappa shape index (κ2) is 6.22. The van der Waals surface area contributed by atoms with E-state index in [4.69, 9.17) is 10.5 Å². The Bertz CT molecular complexity index is 450. The molecule has 1 amide bonds. The highest BCUT2D eigenvalue weighted by Crippen LogP contribution is 2.23. The van der Waals surface area contributed by atoms with E-state index in [0.29, 0.717) is 19.5 Å². The molecule has 2 atom stereocenters. The molecule has 0 spiro atoms. The van der Waals surface area contributed by atoms with Crippen LogP contribution in [0.2, 0.25) is 0 Å². The molecule has 20 heavy (non-hydrogen) atoms. The first-order valence-corrected chi connectivity index (χ1v) is 6.87. The smallest absolute Gasteiger partial charge is 0.410 e. The number of likely N-dealkylation sites (tertiary alicyclic amines) is 1. The topological polar surface area (TPSA) is 55.6 Å². The van der Waals surface area contributed by atoms with Gasteiger partial charge in [-0.25, -0.2) is 9.18 Å². The van der Waals surface area contributed by atoms with Gasteiger partial charge >= 0.3 is 6.09 Å². The SMILES string of the molecule is CC1(N)CCN(C(=O)OCc2ccccc2)CCC1F. The molecule has 110 valence electrons. The number of nitrogens with two attached hydrogens (primary N) is 1. The van der Waals surface area contributed by atoms with Crippen molar-refractivity contribution in [1.29, 1.82) is 0 Å². The van der Waals surface area contributed by atoms with Crippen molar-refractivity contribution in [1.82, 2.24) is 4.90 Å². The minimum absolute atomic E-state index is 0.231. The summed E-state index contributed by atoms with van der Waals surface area (Å²) in [5.41, 5.74) is 5.96. The Labute approximate surface area is 118 Å². The zero-order valence-electron chi connectivity index (χ0n) is 11.7. The lowest BCUT2D eigenvalue weighted by molar-refractivity contribution is 0.0967. The molecule has 2 unspecified atom stereocenters. The van der Waals surface area contributed by atoms with E-state index in [1.165, 1.54) is 4.90 Å². The van der Waals surface area contributed by atoms with Crippen LogP contribution in [0.4, 0.5) is 9.18 Å². The number of rotatable bonds is 2. The van der Waals surface area contributed by atoms with Crippen LogP contribution in [-0.4, -0.2) is 35.8 Å². The lowest BCUT2D eigenvalue weighted by Crippen LogP contribution is -2.45. The van der Waals surface area contributed by atoms with E-state index in [-0.39, 0.29) is 13.0 Å². The number of carbonyl (C=O) groups excluding carboxylic acids is 1. The molecule has 2 rings (SSSR count). The molecule has 0 bridgehead atoms. The summed E-state index contributed by atoms with van der Waals surface area (Å²) < 4.78 is 19.1. The summed E-state index contributed by atoms with van der Waals surface area (Å²) in [6.07, 6.45) is -0.796. The van der Waals surface area contributed by atoms with E-state index in [2.05, 4.69) is 0 Å². The fourth-order valence-corrected chi connectivity index (χ4v) is 2.24. The van der Waals surface area contributed by atoms with Gasteiger partial charge in [0.2, 0.25) is 0 Å². The monoisotopic (exact) mass is 280 g/mol. The van der Waals surface area contributed by atoms with Crippen LogP contribution in [0.25, 0.3) is 0 Å². The summed E-state index contributed by atoms with van der Waals surface area (Å²) in [7, 11) is 0. The Balaban J connectivity index is 1.87. The molecule has 0 saturated carbocycles. The summed E-state index contributed by atoms with van der Waals surface area (Å²) in [6, 6.07) is 9.48. The Morgan fingerprint density at radius 3 is 2.85 bits per heavy atom. The first-order chi connectivity index (χ1) is 9.49. The normalized spacial score (nSPS) is 26.9. The van der Waals surface area contributed by atoms with Gasteiger partial charge in [0.15, 0.2) is 0 Å². The maximum atomic E-state index is 13.8. The van der Waals surface area contributed by atoms with Gasteiger partial charge in [0.1, 0.15) is 12.8 Å². The molecular formula is C15H21FN2O2. The molecule has 1 aromatic carbocycles. The van der Waals surface area contributed by atoms with Gasteiger partial charge in [0.05, 0.1) is 0 Å². The van der Waals surface area contributed by atoms with Crippen molar-refractivity contribution in [2.75, 3.05) is 13.1 Å². The molecule has 1 aliphatic heterocycles. The van der Waals surface area contributed by atoms with Crippen LogP contribution >= 0.6 is 0 Å². The second-order valence-corrected chi connectivity index (χ2v) is 5.54. The summed E-state index contributed by atoms with van der Waals surface area (Å²) in [4.78, 5) is 13.5. The average Bonchev–Trinajstić information content (AvgIpc) is 2.57. The van der Waals surface area contributed by atoms with Crippen molar-refractivity contribution < 1.29 is 13.9 Å². The lowest BCUT2D eigenvalue weighted by atomic mass is 9.93. The summed E-state index contributed by atoms with van der Waals surface area (Å²) in [6.45, 7) is 2.70. The van der Waals surface area contributed by atoms with Crippen molar-refractivity contribution in [2.45, 2.75) is 38.1 Å². The first kappa shape index (κ1) is 14.8. The van der Waals surface area contributed by atoms with Crippen LogP contribution in [0.15, 0.2) is 30.3 Å². The van der Waals surface area contributed by atoms with Crippen LogP contribution in [0.1, 0.15) is 25.3 Å². The quantitative estimate of drug-likeness (QED) is 0.905. The van der Waals surface area contributed by atoms with Gasteiger partial charge in [-0.1, -0.05) is 30.3 Å². The van der Waals surface area contributed by atoms with Gasteiger partial charge in [-0.15, -0.1) is 0 Å². The summed E-state index contributed by atoms with van der Waals surface area (Å²) in [5.74, 6) is 0. The molecule has 0 aliphatic carbocycles. The molecule has 0 aromatic heterocycles. The number of halogens is 1. The third-order valence-corrected chi connectivity index (χ3v) is 3.75. The third-order valence-electron chi connectivity index (χ3n) is 3.75. The molecular weight excluding hydrogens is 259 g/mol. The number of benzene rings is 1. The predicted octanol–water partition coefficient (Wildman–Crippen LogP) is 2.47. The molecule has 0 radical (unpaired) electrons. The molecule has 1 aliphatic rings. The van der Waals surface area contributed by atoms with Gasteiger partial charge in [0.25, 0.3) is 0 Å². The molecule has 5 heteroatoms. The van der Waals surface area contributed by atoms with Crippen LogP contribution < -0.4 is 5.73 Å². The minimum Gasteiger partial charge on any atom is -0.445 e. The highest BCUT2D eigenvalue weighted by Gasteiger charge is 2.35. The zero-order valence-corrected chi connectivity index (χ0v) is 11.7. The minimum atomic E-state index is -1.09. The Hall–Kier alpha value is -1.62. The third kappa shape index (κ3) is 3.70. The second-order valence-electron chi connectivity index (χ2n) is 5.54. The zero-order chi connectivity index (χ0) is 14.6. The van der Waals surface area contributed by atoms with Gasteiger partial charge in [0, 0.05) is 18.6 Å².